The molecule has 0 spiro atoms. The summed E-state index contributed by atoms with van der Waals surface area (Å²) in [5, 5.41) is 0. The van der Waals surface area contributed by atoms with Crippen LogP contribution in [0, 0.1) is 0 Å². The van der Waals surface area contributed by atoms with Gasteiger partial charge in [-0.2, -0.15) is 0 Å². The molecule has 6 nitrogen and oxygen atoms in total. The Bertz CT molecular complexity index is 471. The Labute approximate surface area is 199 Å². The average Bonchev–Trinajstić information content (AvgIpc) is 3.56. The molecule has 32 heavy (non-hydrogen) atoms. The summed E-state index contributed by atoms with van der Waals surface area (Å²) in [6.45, 7) is 3.44. The van der Waals surface area contributed by atoms with Crippen LogP contribution in [0.25, 0.3) is 0 Å². The summed E-state index contributed by atoms with van der Waals surface area (Å²) in [5.41, 5.74) is 0. The molecule has 0 bridgehead atoms. The minimum absolute atomic E-state index is 0. The predicted octanol–water partition coefficient (Wildman–Crippen LogP) is 6.16. The summed E-state index contributed by atoms with van der Waals surface area (Å²) in [6, 6.07) is 0.667. The maximum atomic E-state index is 11.8. The van der Waals surface area contributed by atoms with Crippen molar-refractivity contribution in [1.29, 1.82) is 0 Å². The molecule has 0 aromatic heterocycles. The Kier molecular flexibility index (Phi) is 19.4. The summed E-state index contributed by atoms with van der Waals surface area (Å²) in [6.07, 6.45) is 23.3. The highest BCUT2D eigenvalue weighted by Gasteiger charge is 2.37. The number of hydrogen-bond donors (Lipinski definition) is 0. The SMILES string of the molecule is CCCCCCCCCCCCCCCCCCOP(=O)([O-])OCC[N+](C)(C)C1CC1.O. The first kappa shape index (κ1) is 32.0. The van der Waals surface area contributed by atoms with Crippen LogP contribution in [0.15, 0.2) is 0 Å². The highest BCUT2D eigenvalue weighted by Crippen LogP contribution is 2.39. The van der Waals surface area contributed by atoms with Crippen LogP contribution in [0.5, 0.6) is 0 Å². The third kappa shape index (κ3) is 18.5. The van der Waals surface area contributed by atoms with Gasteiger partial charge in [-0.05, 0) is 6.42 Å². The maximum absolute atomic E-state index is 11.8. The second kappa shape index (κ2) is 19.3. The number of quaternary nitrogens is 1. The van der Waals surface area contributed by atoms with Crippen molar-refractivity contribution < 1.29 is 28.5 Å². The molecule has 1 aliphatic carbocycles. The standard InChI is InChI=1S/C25H52NO4P.H2O/c1-4-5-6-7-8-9-10-11-12-13-14-15-16-17-18-19-23-29-31(27,28)30-24-22-26(2,3)25-20-21-25;/h25H,4-24H2,1-3H3;1H2. The number of likely N-dealkylation sites (N-methyl/N-ethyl adjacent to an activating group) is 1. The van der Waals surface area contributed by atoms with Crippen molar-refractivity contribution in [3.8, 4) is 0 Å². The minimum atomic E-state index is -4.14. The zero-order valence-corrected chi connectivity index (χ0v) is 22.3. The van der Waals surface area contributed by atoms with E-state index in [2.05, 4.69) is 21.0 Å². The van der Waals surface area contributed by atoms with Crippen LogP contribution < -0.4 is 4.89 Å². The van der Waals surface area contributed by atoms with Crippen LogP contribution in [0.4, 0.5) is 0 Å². The molecule has 1 atom stereocenters. The van der Waals surface area contributed by atoms with Gasteiger partial charge in [-0.15, -0.1) is 0 Å². The van der Waals surface area contributed by atoms with E-state index >= 15 is 0 Å². The van der Waals surface area contributed by atoms with Crippen molar-refractivity contribution in [1.82, 2.24) is 0 Å². The Morgan fingerprint density at radius 2 is 1.09 bits per heavy atom. The third-order valence-electron chi connectivity index (χ3n) is 6.70. The topological polar surface area (TPSA) is 90.1 Å². The first-order valence-corrected chi connectivity index (χ1v) is 14.8. The molecule has 194 valence electrons. The summed E-state index contributed by atoms with van der Waals surface area (Å²) >= 11 is 0. The highest BCUT2D eigenvalue weighted by atomic mass is 31.2. The van der Waals surface area contributed by atoms with Gasteiger partial charge in [-0.1, -0.05) is 103 Å². The Hall–Kier alpha value is 0.0300. The first-order chi connectivity index (χ1) is 14.9. The van der Waals surface area contributed by atoms with E-state index in [1.54, 1.807) is 0 Å². The van der Waals surface area contributed by atoms with Crippen molar-refractivity contribution in [2.45, 2.75) is 129 Å². The first-order valence-electron chi connectivity index (χ1n) is 13.3. The van der Waals surface area contributed by atoms with Crippen LogP contribution in [-0.2, 0) is 13.6 Å². The summed E-state index contributed by atoms with van der Waals surface area (Å²) in [7, 11) is 0.128. The molecule has 1 fully saturated rings. The predicted molar refractivity (Wildman–Crippen MR) is 133 cm³/mol. The maximum Gasteiger partial charge on any atom is 0.268 e. The molecular weight excluding hydrogens is 425 g/mol. The van der Waals surface area contributed by atoms with Gasteiger partial charge in [0.25, 0.3) is 7.82 Å². The Balaban J connectivity index is 0.00000961. The van der Waals surface area contributed by atoms with Crippen molar-refractivity contribution in [3.63, 3.8) is 0 Å². The van der Waals surface area contributed by atoms with Crippen molar-refractivity contribution in [2.24, 2.45) is 0 Å². The lowest BCUT2D eigenvalue weighted by atomic mass is 10.0. The van der Waals surface area contributed by atoms with Gasteiger partial charge in [0.2, 0.25) is 0 Å². The van der Waals surface area contributed by atoms with E-state index in [1.807, 2.05) is 0 Å². The van der Waals surface area contributed by atoms with E-state index in [-0.39, 0.29) is 18.7 Å². The lowest BCUT2D eigenvalue weighted by Crippen LogP contribution is -2.44. The normalized spacial score (nSPS) is 16.0. The van der Waals surface area contributed by atoms with Gasteiger partial charge in [0.05, 0.1) is 26.7 Å². The molecule has 7 heteroatoms. The quantitative estimate of drug-likeness (QED) is 0.0996. The molecular formula is C25H54NO5P. The summed E-state index contributed by atoms with van der Waals surface area (Å²) < 4.78 is 22.7. The second-order valence-electron chi connectivity index (χ2n) is 10.2. The molecule has 1 saturated carbocycles. The average molecular weight is 480 g/mol. The van der Waals surface area contributed by atoms with Gasteiger partial charge in [-0.3, -0.25) is 4.57 Å². The number of unbranched alkanes of at least 4 members (excludes halogenated alkanes) is 15. The summed E-state index contributed by atoms with van der Waals surface area (Å²) in [5.74, 6) is 0. The molecule has 1 aliphatic rings. The third-order valence-corrected chi connectivity index (χ3v) is 7.70. The monoisotopic (exact) mass is 479 g/mol. The lowest BCUT2D eigenvalue weighted by molar-refractivity contribution is -0.901. The highest BCUT2D eigenvalue weighted by molar-refractivity contribution is 7.45. The van der Waals surface area contributed by atoms with E-state index in [0.717, 1.165) is 23.7 Å². The van der Waals surface area contributed by atoms with Crippen LogP contribution in [0.2, 0.25) is 0 Å². The van der Waals surface area contributed by atoms with Crippen LogP contribution >= 0.6 is 7.82 Å². The fourth-order valence-electron chi connectivity index (χ4n) is 4.21. The van der Waals surface area contributed by atoms with Gasteiger partial charge in [-0.25, -0.2) is 0 Å². The lowest BCUT2D eigenvalue weighted by Gasteiger charge is -2.31. The molecule has 0 aliphatic heterocycles. The molecule has 2 N–H and O–H groups in total. The van der Waals surface area contributed by atoms with Gasteiger partial charge < -0.3 is 23.9 Å². The number of phosphoric acid groups is 1. The number of hydrogen-bond acceptors (Lipinski definition) is 4. The van der Waals surface area contributed by atoms with E-state index < -0.39 is 7.82 Å². The second-order valence-corrected chi connectivity index (χ2v) is 11.6. The van der Waals surface area contributed by atoms with Crippen molar-refractivity contribution in [2.75, 3.05) is 33.9 Å². The van der Waals surface area contributed by atoms with Crippen molar-refractivity contribution >= 4 is 7.82 Å². The zero-order chi connectivity index (χ0) is 22.8. The molecule has 1 rings (SSSR count). The molecule has 0 aromatic carbocycles. The minimum Gasteiger partial charge on any atom is -0.756 e. The van der Waals surface area contributed by atoms with E-state index in [1.165, 1.54) is 96.3 Å². The van der Waals surface area contributed by atoms with E-state index in [0.29, 0.717) is 12.6 Å². The zero-order valence-electron chi connectivity index (χ0n) is 21.5. The van der Waals surface area contributed by atoms with Gasteiger partial charge in [0, 0.05) is 12.8 Å². The van der Waals surface area contributed by atoms with Crippen LogP contribution in [-0.4, -0.2) is 49.9 Å². The molecule has 0 amide bonds. The Morgan fingerprint density at radius 1 is 0.719 bits per heavy atom. The van der Waals surface area contributed by atoms with Crippen LogP contribution in [0.3, 0.4) is 0 Å². The molecule has 1 unspecified atom stereocenters. The van der Waals surface area contributed by atoms with E-state index in [9.17, 15) is 9.46 Å². The number of rotatable bonds is 23. The van der Waals surface area contributed by atoms with Gasteiger partial charge in [0.1, 0.15) is 13.2 Å². The smallest absolute Gasteiger partial charge is 0.268 e. The molecule has 0 heterocycles. The molecule has 0 radical (unpaired) electrons. The number of phosphoric ester groups is 1. The molecule has 0 saturated heterocycles. The Morgan fingerprint density at radius 3 is 1.50 bits per heavy atom. The fraction of sp³-hybridized carbons (Fsp3) is 1.00. The van der Waals surface area contributed by atoms with Gasteiger partial charge >= 0.3 is 0 Å². The largest absolute Gasteiger partial charge is 0.756 e. The number of nitrogens with zero attached hydrogens (tertiary/aromatic N) is 1. The van der Waals surface area contributed by atoms with Gasteiger partial charge in [0.15, 0.2) is 0 Å². The fourth-order valence-corrected chi connectivity index (χ4v) is 4.94. The van der Waals surface area contributed by atoms with E-state index in [4.69, 9.17) is 9.05 Å². The van der Waals surface area contributed by atoms with Crippen molar-refractivity contribution in [3.05, 3.63) is 0 Å². The van der Waals surface area contributed by atoms with Crippen LogP contribution in [0.1, 0.15) is 122 Å². The summed E-state index contributed by atoms with van der Waals surface area (Å²) in [4.78, 5) is 11.8. The molecule has 0 aromatic rings.